The molecule has 1 aliphatic rings. The molecule has 0 aliphatic carbocycles. The Morgan fingerprint density at radius 3 is 2.73 bits per heavy atom. The number of nitrogens with one attached hydrogen (secondary N) is 2. The number of nitrogens with zero attached hydrogens (tertiary/aromatic N) is 3. The second-order valence-electron chi connectivity index (χ2n) is 6.98. The highest BCUT2D eigenvalue weighted by Gasteiger charge is 2.24. The number of anilines is 1. The number of hydrogen-bond acceptors (Lipinski definition) is 6. The monoisotopic (exact) mass is 447 g/mol. The van der Waals surface area contributed by atoms with Gasteiger partial charge >= 0.3 is 6.01 Å². The Balaban J connectivity index is 1.54. The first kappa shape index (κ1) is 20.6. The van der Waals surface area contributed by atoms with Crippen molar-refractivity contribution < 1.29 is 13.2 Å². The SMILES string of the molecule is CCn1c(Oc2ccc3c(c2)NCC3)nnc1[C@@H](C)NS(=O)(=O)c1ccc(Cl)cc1. The molecule has 0 unspecified atom stereocenters. The van der Waals surface area contributed by atoms with Crippen molar-refractivity contribution in [3.63, 3.8) is 0 Å². The maximum Gasteiger partial charge on any atom is 0.322 e. The zero-order valence-corrected chi connectivity index (χ0v) is 18.2. The molecule has 1 aromatic heterocycles. The Morgan fingerprint density at radius 2 is 2.00 bits per heavy atom. The normalized spacial score (nSPS) is 14.2. The van der Waals surface area contributed by atoms with Crippen LogP contribution in [0.3, 0.4) is 0 Å². The molecule has 158 valence electrons. The number of hydrogen-bond donors (Lipinski definition) is 2. The van der Waals surface area contributed by atoms with Crippen molar-refractivity contribution in [1.29, 1.82) is 0 Å². The van der Waals surface area contributed by atoms with Crippen molar-refractivity contribution in [3.8, 4) is 11.8 Å². The highest BCUT2D eigenvalue weighted by molar-refractivity contribution is 7.89. The lowest BCUT2D eigenvalue weighted by Crippen LogP contribution is -2.29. The molecule has 3 aromatic rings. The average molecular weight is 448 g/mol. The predicted molar refractivity (Wildman–Crippen MR) is 115 cm³/mol. The van der Waals surface area contributed by atoms with Gasteiger partial charge in [0.15, 0.2) is 5.82 Å². The highest BCUT2D eigenvalue weighted by Crippen LogP contribution is 2.30. The minimum atomic E-state index is -3.74. The fourth-order valence-corrected chi connectivity index (χ4v) is 4.73. The van der Waals surface area contributed by atoms with Gasteiger partial charge in [0.25, 0.3) is 0 Å². The topological polar surface area (TPSA) is 98.1 Å². The lowest BCUT2D eigenvalue weighted by molar-refractivity contribution is 0.408. The van der Waals surface area contributed by atoms with Crippen molar-refractivity contribution in [2.24, 2.45) is 0 Å². The summed E-state index contributed by atoms with van der Waals surface area (Å²) < 4.78 is 35.7. The molecular formula is C20H22ClN5O3S. The molecule has 1 aliphatic heterocycles. The number of halogens is 1. The molecule has 0 amide bonds. The van der Waals surface area contributed by atoms with E-state index in [2.05, 4.69) is 20.2 Å². The summed E-state index contributed by atoms with van der Waals surface area (Å²) in [4.78, 5) is 0.128. The molecule has 4 rings (SSSR count). The molecule has 0 saturated heterocycles. The molecule has 2 aromatic carbocycles. The molecule has 0 saturated carbocycles. The second-order valence-corrected chi connectivity index (χ2v) is 9.13. The number of ether oxygens (including phenoxy) is 1. The van der Waals surface area contributed by atoms with Crippen LogP contribution >= 0.6 is 11.6 Å². The van der Waals surface area contributed by atoms with Crippen LogP contribution in [-0.4, -0.2) is 29.7 Å². The molecule has 2 heterocycles. The average Bonchev–Trinajstić information content (AvgIpc) is 3.34. The van der Waals surface area contributed by atoms with E-state index in [1.807, 2.05) is 25.1 Å². The summed E-state index contributed by atoms with van der Waals surface area (Å²) in [5.41, 5.74) is 2.31. The van der Waals surface area contributed by atoms with E-state index in [0.29, 0.717) is 29.2 Å². The molecule has 0 radical (unpaired) electrons. The van der Waals surface area contributed by atoms with Crippen LogP contribution in [0.5, 0.6) is 11.8 Å². The number of fused-ring (bicyclic) bond motifs is 1. The van der Waals surface area contributed by atoms with E-state index in [-0.39, 0.29) is 4.90 Å². The van der Waals surface area contributed by atoms with Gasteiger partial charge in [0.05, 0.1) is 10.9 Å². The summed E-state index contributed by atoms with van der Waals surface area (Å²) in [6, 6.07) is 11.5. The van der Waals surface area contributed by atoms with E-state index < -0.39 is 16.1 Å². The number of aromatic nitrogens is 3. The molecule has 30 heavy (non-hydrogen) atoms. The first-order valence-corrected chi connectivity index (χ1v) is 11.5. The quantitative estimate of drug-likeness (QED) is 0.572. The van der Waals surface area contributed by atoms with E-state index >= 15 is 0 Å². The van der Waals surface area contributed by atoms with Gasteiger partial charge in [-0.1, -0.05) is 22.8 Å². The van der Waals surface area contributed by atoms with E-state index in [1.165, 1.54) is 29.8 Å². The van der Waals surface area contributed by atoms with Gasteiger partial charge in [-0.2, -0.15) is 0 Å². The van der Waals surface area contributed by atoms with Gasteiger partial charge in [-0.25, -0.2) is 13.1 Å². The smallest absolute Gasteiger partial charge is 0.322 e. The van der Waals surface area contributed by atoms with E-state index in [4.69, 9.17) is 16.3 Å². The minimum Gasteiger partial charge on any atom is -0.424 e. The summed E-state index contributed by atoms with van der Waals surface area (Å²) in [6.45, 7) is 5.07. The van der Waals surface area contributed by atoms with Crippen molar-refractivity contribution in [1.82, 2.24) is 19.5 Å². The Bertz CT molecular complexity index is 1160. The molecule has 0 spiro atoms. The molecular weight excluding hydrogens is 426 g/mol. The Morgan fingerprint density at radius 1 is 1.23 bits per heavy atom. The summed E-state index contributed by atoms with van der Waals surface area (Å²) in [7, 11) is -3.74. The van der Waals surface area contributed by atoms with Crippen molar-refractivity contribution >= 4 is 27.3 Å². The van der Waals surface area contributed by atoms with Crippen LogP contribution < -0.4 is 14.8 Å². The molecule has 0 fully saturated rings. The van der Waals surface area contributed by atoms with Crippen LogP contribution in [0.1, 0.15) is 31.3 Å². The van der Waals surface area contributed by atoms with Gasteiger partial charge in [-0.3, -0.25) is 4.57 Å². The number of sulfonamides is 1. The van der Waals surface area contributed by atoms with Gasteiger partial charge in [0.2, 0.25) is 10.0 Å². The number of benzene rings is 2. The zero-order valence-electron chi connectivity index (χ0n) is 16.6. The van der Waals surface area contributed by atoms with Gasteiger partial charge in [-0.05, 0) is 56.2 Å². The van der Waals surface area contributed by atoms with Gasteiger partial charge < -0.3 is 10.1 Å². The molecule has 10 heteroatoms. The molecule has 0 bridgehead atoms. The standard InChI is InChI=1S/C20H22ClN5O3S/c1-3-26-19(13(2)25-30(27,28)17-8-5-15(21)6-9-17)23-24-20(26)29-16-7-4-14-10-11-22-18(14)12-16/h4-9,12-13,22,25H,3,10-11H2,1-2H3/t13-/m1/s1. The fraction of sp³-hybridized carbons (Fsp3) is 0.300. The van der Waals surface area contributed by atoms with Crippen molar-refractivity contribution in [2.45, 2.75) is 37.8 Å². The molecule has 1 atom stereocenters. The Hall–Kier alpha value is -2.62. The number of rotatable bonds is 7. The minimum absolute atomic E-state index is 0.128. The predicted octanol–water partition coefficient (Wildman–Crippen LogP) is 3.75. The van der Waals surface area contributed by atoms with Gasteiger partial charge in [0.1, 0.15) is 5.75 Å². The van der Waals surface area contributed by atoms with Crippen LogP contribution in [0, 0.1) is 0 Å². The van der Waals surface area contributed by atoms with Crippen molar-refractivity contribution in [2.75, 3.05) is 11.9 Å². The lowest BCUT2D eigenvalue weighted by atomic mass is 10.2. The van der Waals surface area contributed by atoms with Gasteiger partial charge in [-0.15, -0.1) is 5.10 Å². The van der Waals surface area contributed by atoms with Crippen LogP contribution in [-0.2, 0) is 23.0 Å². The van der Waals surface area contributed by atoms with E-state index in [0.717, 1.165) is 18.7 Å². The first-order valence-electron chi connectivity index (χ1n) is 9.63. The lowest BCUT2D eigenvalue weighted by Gasteiger charge is -2.15. The van der Waals surface area contributed by atoms with E-state index in [9.17, 15) is 8.42 Å². The Kier molecular flexibility index (Phi) is 5.68. The third-order valence-electron chi connectivity index (χ3n) is 4.91. The first-order chi connectivity index (χ1) is 14.4. The van der Waals surface area contributed by atoms with Crippen LogP contribution in [0.15, 0.2) is 47.4 Å². The van der Waals surface area contributed by atoms with Crippen LogP contribution in [0.2, 0.25) is 5.02 Å². The van der Waals surface area contributed by atoms with E-state index in [1.54, 1.807) is 11.5 Å². The van der Waals surface area contributed by atoms with Crippen LogP contribution in [0.25, 0.3) is 0 Å². The third kappa shape index (κ3) is 4.14. The summed E-state index contributed by atoms with van der Waals surface area (Å²) >= 11 is 5.85. The van der Waals surface area contributed by atoms with Crippen molar-refractivity contribution in [3.05, 3.63) is 58.9 Å². The maximum absolute atomic E-state index is 12.7. The maximum atomic E-state index is 12.7. The van der Waals surface area contributed by atoms with Crippen LogP contribution in [0.4, 0.5) is 5.69 Å². The summed E-state index contributed by atoms with van der Waals surface area (Å²) in [5.74, 6) is 1.11. The largest absolute Gasteiger partial charge is 0.424 e. The molecule has 8 nitrogen and oxygen atoms in total. The zero-order chi connectivity index (χ0) is 21.3. The van der Waals surface area contributed by atoms with Gasteiger partial charge in [0, 0.05) is 29.9 Å². The summed E-state index contributed by atoms with van der Waals surface area (Å²) in [6.07, 6.45) is 0.996. The highest BCUT2D eigenvalue weighted by atomic mass is 35.5. The summed E-state index contributed by atoms with van der Waals surface area (Å²) in [5, 5.41) is 12.1. The molecule has 2 N–H and O–H groups in total. The Labute approximate surface area is 180 Å². The fourth-order valence-electron chi connectivity index (χ4n) is 3.40. The second kappa shape index (κ2) is 8.25. The third-order valence-corrected chi connectivity index (χ3v) is 6.71.